The molecule has 3 aromatic rings. The summed E-state index contributed by atoms with van der Waals surface area (Å²) < 4.78 is 5.59. The predicted molar refractivity (Wildman–Crippen MR) is 118 cm³/mol. The fourth-order valence-corrected chi connectivity index (χ4v) is 2.92. The van der Waals surface area contributed by atoms with Crippen LogP contribution in [0.1, 0.15) is 17.5 Å². The number of anilines is 1. The molecule has 0 saturated carbocycles. The maximum absolute atomic E-state index is 12.1. The maximum Gasteiger partial charge on any atom is 0.249 e. The molecule has 6 heteroatoms. The van der Waals surface area contributed by atoms with Gasteiger partial charge < -0.3 is 10.1 Å². The molecule has 0 aromatic heterocycles. The van der Waals surface area contributed by atoms with E-state index in [1.165, 1.54) is 6.21 Å². The molecular formula is C24H21N3O3. The van der Waals surface area contributed by atoms with Crippen molar-refractivity contribution in [1.82, 2.24) is 5.43 Å². The summed E-state index contributed by atoms with van der Waals surface area (Å²) in [5, 5.41) is 8.62. The van der Waals surface area contributed by atoms with Gasteiger partial charge in [0.05, 0.1) is 6.21 Å². The number of carbonyl (C=O) groups excluding carboxylic acids is 2. The van der Waals surface area contributed by atoms with Gasteiger partial charge in [0.1, 0.15) is 18.8 Å². The Bertz CT molecular complexity index is 1150. The molecule has 0 aliphatic rings. The van der Waals surface area contributed by atoms with Gasteiger partial charge in [-0.25, -0.2) is 5.43 Å². The fraction of sp³-hybridized carbons (Fsp3) is 0.125. The molecule has 0 fully saturated rings. The van der Waals surface area contributed by atoms with E-state index in [2.05, 4.69) is 21.8 Å². The highest BCUT2D eigenvalue weighted by molar-refractivity contribution is 6.05. The number of fused-ring (bicyclic) bond motifs is 1. The average Bonchev–Trinajstić information content (AvgIpc) is 2.74. The third-order valence-electron chi connectivity index (χ3n) is 4.36. The number of hydrogen-bond donors (Lipinski definition) is 2. The summed E-state index contributed by atoms with van der Waals surface area (Å²) in [5.74, 6) is 2.05. The van der Waals surface area contributed by atoms with Crippen molar-refractivity contribution in [3.05, 3.63) is 71.8 Å². The van der Waals surface area contributed by atoms with E-state index in [4.69, 9.17) is 11.2 Å². The number of carbonyl (C=O) groups is 2. The Morgan fingerprint density at radius 3 is 2.63 bits per heavy atom. The molecule has 0 unspecified atom stereocenters. The quantitative estimate of drug-likeness (QED) is 0.276. The zero-order chi connectivity index (χ0) is 21.3. The lowest BCUT2D eigenvalue weighted by atomic mass is 10.0. The maximum atomic E-state index is 12.1. The van der Waals surface area contributed by atoms with Gasteiger partial charge in [-0.2, -0.15) is 5.10 Å². The number of terminal acetylenes is 1. The molecule has 0 atom stereocenters. The monoisotopic (exact) mass is 399 g/mol. The molecule has 0 radical (unpaired) electrons. The van der Waals surface area contributed by atoms with Crippen molar-refractivity contribution in [3.8, 4) is 18.1 Å². The standard InChI is InChI=1S/C24H21N3O3/c1-3-14-30-22-13-12-18-9-5-6-10-19(18)20(22)16-25-27-24(29)15-23(28)26-21-11-7-4-8-17(21)2/h1,4-13,16H,14-15H2,2H3,(H,26,28)(H,27,29). The van der Waals surface area contributed by atoms with Crippen molar-refractivity contribution in [2.45, 2.75) is 13.3 Å². The highest BCUT2D eigenvalue weighted by Crippen LogP contribution is 2.26. The predicted octanol–water partition coefficient (Wildman–Crippen LogP) is 3.64. The molecule has 0 aliphatic carbocycles. The van der Waals surface area contributed by atoms with Gasteiger partial charge in [-0.05, 0) is 35.4 Å². The van der Waals surface area contributed by atoms with Crippen LogP contribution < -0.4 is 15.5 Å². The van der Waals surface area contributed by atoms with Gasteiger partial charge >= 0.3 is 0 Å². The number of hydrazone groups is 1. The van der Waals surface area contributed by atoms with Gasteiger partial charge in [0.2, 0.25) is 11.8 Å². The van der Waals surface area contributed by atoms with Crippen molar-refractivity contribution in [2.75, 3.05) is 11.9 Å². The van der Waals surface area contributed by atoms with Gasteiger partial charge in [-0.3, -0.25) is 9.59 Å². The second-order valence-corrected chi connectivity index (χ2v) is 6.52. The van der Waals surface area contributed by atoms with Gasteiger partial charge in [0, 0.05) is 11.3 Å². The third kappa shape index (κ3) is 5.24. The number of ether oxygens (including phenoxy) is 1. The molecule has 0 bridgehead atoms. The van der Waals surface area contributed by atoms with Crippen LogP contribution >= 0.6 is 0 Å². The summed E-state index contributed by atoms with van der Waals surface area (Å²) >= 11 is 0. The molecule has 150 valence electrons. The van der Waals surface area contributed by atoms with E-state index in [-0.39, 0.29) is 13.0 Å². The first-order valence-corrected chi connectivity index (χ1v) is 9.34. The van der Waals surface area contributed by atoms with E-state index in [0.717, 1.165) is 16.3 Å². The van der Waals surface area contributed by atoms with Crippen LogP contribution in [-0.4, -0.2) is 24.6 Å². The minimum absolute atomic E-state index is 0.116. The fourth-order valence-electron chi connectivity index (χ4n) is 2.92. The second kappa shape index (κ2) is 9.89. The average molecular weight is 399 g/mol. The van der Waals surface area contributed by atoms with Crippen LogP contribution in [0.25, 0.3) is 10.8 Å². The summed E-state index contributed by atoms with van der Waals surface area (Å²) in [7, 11) is 0. The summed E-state index contributed by atoms with van der Waals surface area (Å²) in [6.45, 7) is 1.99. The number of nitrogens with zero attached hydrogens (tertiary/aromatic N) is 1. The van der Waals surface area contributed by atoms with E-state index in [0.29, 0.717) is 17.0 Å². The number of aryl methyl sites for hydroxylation is 1. The SMILES string of the molecule is C#CCOc1ccc2ccccc2c1C=NNC(=O)CC(=O)Nc1ccccc1C. The third-order valence-corrected chi connectivity index (χ3v) is 4.36. The number of para-hydroxylation sites is 1. The van der Waals surface area contributed by atoms with E-state index in [1.807, 2.05) is 55.5 Å². The van der Waals surface area contributed by atoms with Crippen molar-refractivity contribution in [2.24, 2.45) is 5.10 Å². The Hall–Kier alpha value is -4.11. The van der Waals surface area contributed by atoms with Crippen LogP contribution in [0.15, 0.2) is 65.8 Å². The first-order valence-electron chi connectivity index (χ1n) is 9.34. The van der Waals surface area contributed by atoms with Crippen LogP contribution in [0.5, 0.6) is 5.75 Å². The lowest BCUT2D eigenvalue weighted by molar-refractivity contribution is -0.126. The number of benzene rings is 3. The van der Waals surface area contributed by atoms with Crippen LogP contribution in [-0.2, 0) is 9.59 Å². The zero-order valence-corrected chi connectivity index (χ0v) is 16.5. The largest absolute Gasteiger partial charge is 0.480 e. The molecule has 2 N–H and O–H groups in total. The van der Waals surface area contributed by atoms with Gasteiger partial charge in [0.15, 0.2) is 0 Å². The lowest BCUT2D eigenvalue weighted by Crippen LogP contribution is -2.24. The van der Waals surface area contributed by atoms with Crippen LogP contribution in [0, 0.1) is 19.3 Å². The van der Waals surface area contributed by atoms with Gasteiger partial charge in [-0.15, -0.1) is 6.42 Å². The minimum Gasteiger partial charge on any atom is -0.480 e. The smallest absolute Gasteiger partial charge is 0.249 e. The highest BCUT2D eigenvalue weighted by atomic mass is 16.5. The van der Waals surface area contributed by atoms with Crippen molar-refractivity contribution in [1.29, 1.82) is 0 Å². The Morgan fingerprint density at radius 1 is 1.07 bits per heavy atom. The van der Waals surface area contributed by atoms with E-state index < -0.39 is 11.8 Å². The van der Waals surface area contributed by atoms with Gasteiger partial charge in [0.25, 0.3) is 0 Å². The molecule has 30 heavy (non-hydrogen) atoms. The van der Waals surface area contributed by atoms with Crippen LogP contribution in [0.4, 0.5) is 5.69 Å². The zero-order valence-electron chi connectivity index (χ0n) is 16.5. The van der Waals surface area contributed by atoms with Crippen LogP contribution in [0.3, 0.4) is 0 Å². The highest BCUT2D eigenvalue weighted by Gasteiger charge is 2.11. The minimum atomic E-state index is -0.524. The summed E-state index contributed by atoms with van der Waals surface area (Å²) in [6.07, 6.45) is 6.43. The van der Waals surface area contributed by atoms with Crippen molar-refractivity contribution >= 4 is 34.5 Å². The first kappa shape index (κ1) is 20.6. The van der Waals surface area contributed by atoms with Crippen molar-refractivity contribution in [3.63, 3.8) is 0 Å². The number of hydrogen-bond acceptors (Lipinski definition) is 4. The normalized spacial score (nSPS) is 10.5. The van der Waals surface area contributed by atoms with E-state index in [1.54, 1.807) is 12.1 Å². The Labute approximate surface area is 174 Å². The van der Waals surface area contributed by atoms with Crippen LogP contribution in [0.2, 0.25) is 0 Å². The number of rotatable bonds is 7. The molecule has 3 rings (SSSR count). The molecule has 2 amide bonds. The molecule has 0 heterocycles. The lowest BCUT2D eigenvalue weighted by Gasteiger charge is -2.10. The molecule has 3 aromatic carbocycles. The Balaban J connectivity index is 1.68. The summed E-state index contributed by atoms with van der Waals surface area (Å²) in [6, 6.07) is 18.8. The van der Waals surface area contributed by atoms with E-state index in [9.17, 15) is 9.59 Å². The number of nitrogens with one attached hydrogen (secondary N) is 2. The molecular weight excluding hydrogens is 378 g/mol. The molecule has 0 aliphatic heterocycles. The van der Waals surface area contributed by atoms with E-state index >= 15 is 0 Å². The first-order chi connectivity index (χ1) is 14.6. The van der Waals surface area contributed by atoms with Crippen molar-refractivity contribution < 1.29 is 14.3 Å². The van der Waals surface area contributed by atoms with Gasteiger partial charge in [-0.1, -0.05) is 54.5 Å². The summed E-state index contributed by atoms with van der Waals surface area (Å²) in [5.41, 5.74) is 4.66. The number of amides is 2. The summed E-state index contributed by atoms with van der Waals surface area (Å²) in [4.78, 5) is 24.2. The topological polar surface area (TPSA) is 79.8 Å². The Morgan fingerprint density at radius 2 is 1.83 bits per heavy atom. The second-order valence-electron chi connectivity index (χ2n) is 6.52. The molecule has 0 saturated heterocycles. The molecule has 6 nitrogen and oxygen atoms in total. The Kier molecular flexibility index (Phi) is 6.80. The molecule has 0 spiro atoms.